The second-order valence-corrected chi connectivity index (χ2v) is 8.23. The first-order valence-corrected chi connectivity index (χ1v) is 9.20. The van der Waals surface area contributed by atoms with Crippen LogP contribution in [-0.4, -0.2) is 15.0 Å². The predicted molar refractivity (Wildman–Crippen MR) is 88.7 cm³/mol. The Morgan fingerprint density at radius 3 is 2.39 bits per heavy atom. The lowest BCUT2D eigenvalue weighted by Crippen LogP contribution is -2.32. The van der Waals surface area contributed by atoms with Crippen molar-refractivity contribution in [2.24, 2.45) is 0 Å². The lowest BCUT2D eigenvalue weighted by atomic mass is 9.96. The van der Waals surface area contributed by atoms with E-state index >= 15 is 0 Å². The molecule has 122 valence electrons. The zero-order valence-electron chi connectivity index (χ0n) is 12.6. The molecule has 23 heavy (non-hydrogen) atoms. The van der Waals surface area contributed by atoms with Crippen LogP contribution in [0.5, 0.6) is 0 Å². The highest BCUT2D eigenvalue weighted by Gasteiger charge is 2.44. The van der Waals surface area contributed by atoms with Gasteiger partial charge in [-0.1, -0.05) is 23.7 Å². The number of halogens is 2. The maximum Gasteiger partial charge on any atom is 0.240 e. The molecule has 0 heterocycles. The van der Waals surface area contributed by atoms with E-state index < -0.39 is 15.8 Å². The van der Waals surface area contributed by atoms with Gasteiger partial charge in [0.05, 0.1) is 4.90 Å². The maximum absolute atomic E-state index is 13.3. The minimum atomic E-state index is -3.65. The van der Waals surface area contributed by atoms with Crippen LogP contribution in [0.1, 0.15) is 24.0 Å². The Balaban J connectivity index is 1.76. The van der Waals surface area contributed by atoms with Gasteiger partial charge in [-0.05, 0) is 61.2 Å². The van der Waals surface area contributed by atoms with Crippen LogP contribution in [0.25, 0.3) is 0 Å². The SMILES string of the molecule is Cc1cc(S(=O)(=O)NCC2(c3ccc(Cl)cc3)CC2)ccc1F. The summed E-state index contributed by atoms with van der Waals surface area (Å²) in [6.45, 7) is 1.87. The molecule has 0 unspecified atom stereocenters. The molecule has 0 aliphatic heterocycles. The van der Waals surface area contributed by atoms with Gasteiger partial charge in [0.1, 0.15) is 5.82 Å². The first-order chi connectivity index (χ1) is 10.8. The Hall–Kier alpha value is -1.43. The van der Waals surface area contributed by atoms with Gasteiger partial charge in [-0.3, -0.25) is 0 Å². The summed E-state index contributed by atoms with van der Waals surface area (Å²) in [5, 5.41) is 0.659. The summed E-state index contributed by atoms with van der Waals surface area (Å²) in [7, 11) is -3.65. The van der Waals surface area contributed by atoms with Crippen molar-refractivity contribution in [2.75, 3.05) is 6.54 Å². The summed E-state index contributed by atoms with van der Waals surface area (Å²) in [4.78, 5) is 0.0864. The van der Waals surface area contributed by atoms with Crippen LogP contribution < -0.4 is 4.72 Å². The van der Waals surface area contributed by atoms with Gasteiger partial charge in [-0.15, -0.1) is 0 Å². The van der Waals surface area contributed by atoms with Crippen LogP contribution in [0.4, 0.5) is 4.39 Å². The normalized spacial score (nSPS) is 16.3. The summed E-state index contributed by atoms with van der Waals surface area (Å²) >= 11 is 5.90. The monoisotopic (exact) mass is 353 g/mol. The van der Waals surface area contributed by atoms with Gasteiger partial charge >= 0.3 is 0 Å². The van der Waals surface area contributed by atoms with Crippen molar-refractivity contribution in [1.29, 1.82) is 0 Å². The van der Waals surface area contributed by atoms with Crippen LogP contribution in [0.15, 0.2) is 47.4 Å². The molecule has 6 heteroatoms. The third-order valence-electron chi connectivity index (χ3n) is 4.35. The van der Waals surface area contributed by atoms with Crippen molar-refractivity contribution in [3.8, 4) is 0 Å². The first-order valence-electron chi connectivity index (χ1n) is 7.34. The molecule has 0 aromatic heterocycles. The van der Waals surface area contributed by atoms with Gasteiger partial charge in [-0.25, -0.2) is 17.5 Å². The minimum Gasteiger partial charge on any atom is -0.210 e. The molecule has 3 rings (SSSR count). The minimum absolute atomic E-state index is 0.0864. The Morgan fingerprint density at radius 2 is 1.83 bits per heavy atom. The summed E-state index contributed by atoms with van der Waals surface area (Å²) in [5.41, 5.74) is 1.24. The van der Waals surface area contributed by atoms with Crippen molar-refractivity contribution >= 4 is 21.6 Å². The third-order valence-corrected chi connectivity index (χ3v) is 6.00. The number of sulfonamides is 1. The van der Waals surface area contributed by atoms with Crippen molar-refractivity contribution in [3.05, 3.63) is 64.4 Å². The fourth-order valence-electron chi connectivity index (χ4n) is 2.62. The summed E-state index contributed by atoms with van der Waals surface area (Å²) in [6.07, 6.45) is 1.86. The second kappa shape index (κ2) is 5.89. The fourth-order valence-corrected chi connectivity index (χ4v) is 3.96. The Kier molecular flexibility index (Phi) is 4.21. The number of hydrogen-bond donors (Lipinski definition) is 1. The van der Waals surface area contributed by atoms with E-state index in [1.165, 1.54) is 18.2 Å². The van der Waals surface area contributed by atoms with E-state index in [0.29, 0.717) is 17.1 Å². The Morgan fingerprint density at radius 1 is 1.17 bits per heavy atom. The Labute approximate surface area is 140 Å². The fraction of sp³-hybridized carbons (Fsp3) is 0.294. The number of aryl methyl sites for hydroxylation is 1. The van der Waals surface area contributed by atoms with E-state index in [1.807, 2.05) is 24.3 Å². The molecule has 1 aliphatic carbocycles. The molecule has 2 aromatic rings. The van der Waals surface area contributed by atoms with Gasteiger partial charge in [-0.2, -0.15) is 0 Å². The van der Waals surface area contributed by atoms with Crippen molar-refractivity contribution in [1.82, 2.24) is 4.72 Å². The van der Waals surface area contributed by atoms with Gasteiger partial charge in [0.2, 0.25) is 10.0 Å². The molecule has 0 saturated heterocycles. The molecule has 1 fully saturated rings. The Bertz CT molecular complexity index is 830. The van der Waals surface area contributed by atoms with Crippen LogP contribution in [0.2, 0.25) is 5.02 Å². The van der Waals surface area contributed by atoms with Crippen LogP contribution in [-0.2, 0) is 15.4 Å². The quantitative estimate of drug-likeness (QED) is 0.888. The largest absolute Gasteiger partial charge is 0.240 e. The molecule has 1 aliphatic rings. The zero-order chi connectivity index (χ0) is 16.7. The smallest absolute Gasteiger partial charge is 0.210 e. The van der Waals surface area contributed by atoms with E-state index in [4.69, 9.17) is 11.6 Å². The molecular formula is C17H17ClFNO2S. The van der Waals surface area contributed by atoms with Crippen LogP contribution >= 0.6 is 11.6 Å². The molecule has 1 N–H and O–H groups in total. The molecular weight excluding hydrogens is 337 g/mol. The topological polar surface area (TPSA) is 46.2 Å². The van der Waals surface area contributed by atoms with Crippen LogP contribution in [0, 0.1) is 12.7 Å². The first kappa shape index (κ1) is 16.4. The summed E-state index contributed by atoms with van der Waals surface area (Å²) < 4.78 is 40.8. The van der Waals surface area contributed by atoms with E-state index in [9.17, 15) is 12.8 Å². The number of nitrogens with one attached hydrogen (secondary N) is 1. The number of hydrogen-bond acceptors (Lipinski definition) is 2. The highest BCUT2D eigenvalue weighted by atomic mass is 35.5. The zero-order valence-corrected chi connectivity index (χ0v) is 14.2. The molecule has 0 amide bonds. The molecule has 2 aromatic carbocycles. The second-order valence-electron chi connectivity index (χ2n) is 6.02. The highest BCUT2D eigenvalue weighted by Crippen LogP contribution is 2.48. The molecule has 0 bridgehead atoms. The summed E-state index contributed by atoms with van der Waals surface area (Å²) in [6, 6.07) is 11.3. The van der Waals surface area contributed by atoms with Crippen molar-refractivity contribution in [3.63, 3.8) is 0 Å². The highest BCUT2D eigenvalue weighted by molar-refractivity contribution is 7.89. The van der Waals surface area contributed by atoms with Gasteiger partial charge in [0, 0.05) is 17.0 Å². The average molecular weight is 354 g/mol. The van der Waals surface area contributed by atoms with E-state index in [-0.39, 0.29) is 10.3 Å². The van der Waals surface area contributed by atoms with Gasteiger partial charge in [0.15, 0.2) is 0 Å². The molecule has 0 spiro atoms. The lowest BCUT2D eigenvalue weighted by Gasteiger charge is -2.17. The van der Waals surface area contributed by atoms with E-state index in [0.717, 1.165) is 18.4 Å². The molecule has 0 atom stereocenters. The molecule has 0 radical (unpaired) electrons. The lowest BCUT2D eigenvalue weighted by molar-refractivity contribution is 0.566. The van der Waals surface area contributed by atoms with E-state index in [1.54, 1.807) is 6.92 Å². The maximum atomic E-state index is 13.3. The molecule has 3 nitrogen and oxygen atoms in total. The van der Waals surface area contributed by atoms with Gasteiger partial charge < -0.3 is 0 Å². The predicted octanol–water partition coefficient (Wildman–Crippen LogP) is 3.80. The third kappa shape index (κ3) is 3.42. The molecule has 1 saturated carbocycles. The number of benzene rings is 2. The van der Waals surface area contributed by atoms with Crippen molar-refractivity contribution < 1.29 is 12.8 Å². The van der Waals surface area contributed by atoms with Crippen LogP contribution in [0.3, 0.4) is 0 Å². The summed E-state index contributed by atoms with van der Waals surface area (Å²) in [5.74, 6) is -0.413. The average Bonchev–Trinajstić information content (AvgIpc) is 3.30. The van der Waals surface area contributed by atoms with Crippen molar-refractivity contribution in [2.45, 2.75) is 30.1 Å². The van der Waals surface area contributed by atoms with Gasteiger partial charge in [0.25, 0.3) is 0 Å². The number of rotatable bonds is 5. The standard InChI is InChI=1S/C17H17ClFNO2S/c1-12-10-15(6-7-16(12)19)23(21,22)20-11-17(8-9-17)13-2-4-14(18)5-3-13/h2-7,10,20H,8-9,11H2,1H3. The van der Waals surface area contributed by atoms with E-state index in [2.05, 4.69) is 4.72 Å².